The van der Waals surface area contributed by atoms with E-state index in [1.165, 1.54) is 5.56 Å². The van der Waals surface area contributed by atoms with Crippen molar-refractivity contribution in [3.8, 4) is 0 Å². The van der Waals surface area contributed by atoms with E-state index in [2.05, 4.69) is 34.8 Å². The van der Waals surface area contributed by atoms with Gasteiger partial charge in [0.1, 0.15) is 6.17 Å². The Morgan fingerprint density at radius 1 is 1.17 bits per heavy atom. The molecule has 0 bridgehead atoms. The topological polar surface area (TPSA) is 57.3 Å². The molecule has 0 aliphatic carbocycles. The van der Waals surface area contributed by atoms with Crippen LogP contribution in [0.2, 0.25) is 0 Å². The molecule has 116 valence electrons. The zero-order valence-corrected chi connectivity index (χ0v) is 12.9. The molecule has 0 radical (unpaired) electrons. The van der Waals surface area contributed by atoms with Crippen molar-refractivity contribution in [2.45, 2.75) is 19.0 Å². The average molecular weight is 306 g/mol. The summed E-state index contributed by atoms with van der Waals surface area (Å²) in [6.45, 7) is 2.74. The molecule has 0 saturated carbocycles. The molecule has 2 aromatic rings. The first kappa shape index (κ1) is 14.0. The molecule has 4 rings (SSSR count). The Labute approximate surface area is 135 Å². The van der Waals surface area contributed by atoms with Crippen LogP contribution in [0, 0.1) is 6.92 Å². The van der Waals surface area contributed by atoms with Gasteiger partial charge in [0, 0.05) is 30.2 Å². The molecule has 2 atom stereocenters. The van der Waals surface area contributed by atoms with E-state index in [1.807, 2.05) is 30.3 Å². The molecule has 1 aromatic carbocycles. The second-order valence-corrected chi connectivity index (χ2v) is 5.94. The number of rotatable bonds is 2. The number of hydrogen-bond donors (Lipinski definition) is 2. The van der Waals surface area contributed by atoms with Crippen molar-refractivity contribution >= 4 is 11.6 Å². The highest BCUT2D eigenvalue weighted by Gasteiger charge is 2.41. The van der Waals surface area contributed by atoms with Gasteiger partial charge in [0.25, 0.3) is 5.91 Å². The molecule has 3 heterocycles. The summed E-state index contributed by atoms with van der Waals surface area (Å²) in [5, 5.41) is 5.16. The van der Waals surface area contributed by atoms with E-state index in [0.717, 1.165) is 17.0 Å². The SMILES string of the molecule is Cc1ccc(C2=CC(=O)N3NCC(c4ccccn4)C3N2)cc1. The highest BCUT2D eigenvalue weighted by Crippen LogP contribution is 2.29. The monoisotopic (exact) mass is 306 g/mol. The second kappa shape index (κ2) is 5.52. The fourth-order valence-corrected chi connectivity index (χ4v) is 3.12. The zero-order chi connectivity index (χ0) is 15.8. The number of carbonyl (C=O) groups is 1. The standard InChI is InChI=1S/C18H18N4O/c1-12-5-7-13(8-6-12)16-10-17(23)22-18(21-16)14(11-20-22)15-4-2-3-9-19-15/h2-10,14,18,20-21H,11H2,1H3. The summed E-state index contributed by atoms with van der Waals surface area (Å²) in [7, 11) is 0. The van der Waals surface area contributed by atoms with Gasteiger partial charge in [-0.25, -0.2) is 5.43 Å². The number of hydrazine groups is 1. The predicted octanol–water partition coefficient (Wildman–Crippen LogP) is 1.79. The lowest BCUT2D eigenvalue weighted by atomic mass is 9.99. The number of carbonyl (C=O) groups excluding carboxylic acids is 1. The third-order valence-corrected chi connectivity index (χ3v) is 4.38. The largest absolute Gasteiger partial charge is 0.363 e. The van der Waals surface area contributed by atoms with Crippen LogP contribution in [0.3, 0.4) is 0 Å². The molecular formula is C18H18N4O. The van der Waals surface area contributed by atoms with Crippen molar-refractivity contribution in [2.24, 2.45) is 0 Å². The molecule has 0 spiro atoms. The number of nitrogens with zero attached hydrogens (tertiary/aromatic N) is 2. The summed E-state index contributed by atoms with van der Waals surface area (Å²) >= 11 is 0. The predicted molar refractivity (Wildman–Crippen MR) is 87.9 cm³/mol. The van der Waals surface area contributed by atoms with Crippen molar-refractivity contribution in [1.29, 1.82) is 0 Å². The average Bonchev–Trinajstić information content (AvgIpc) is 3.01. The summed E-state index contributed by atoms with van der Waals surface area (Å²) in [6.07, 6.45) is 3.31. The number of nitrogens with one attached hydrogen (secondary N) is 2. The molecule has 1 amide bonds. The van der Waals surface area contributed by atoms with E-state index in [0.29, 0.717) is 6.54 Å². The number of hydrogen-bond acceptors (Lipinski definition) is 4. The number of aryl methyl sites for hydroxylation is 1. The molecule has 1 aromatic heterocycles. The molecule has 5 heteroatoms. The van der Waals surface area contributed by atoms with Crippen LogP contribution >= 0.6 is 0 Å². The third kappa shape index (κ3) is 2.49. The Morgan fingerprint density at radius 2 is 2.00 bits per heavy atom. The van der Waals surface area contributed by atoms with Gasteiger partial charge in [-0.1, -0.05) is 35.9 Å². The summed E-state index contributed by atoms with van der Waals surface area (Å²) in [6, 6.07) is 14.1. The van der Waals surface area contributed by atoms with E-state index in [9.17, 15) is 4.79 Å². The van der Waals surface area contributed by atoms with Crippen LogP contribution in [0.5, 0.6) is 0 Å². The lowest BCUT2D eigenvalue weighted by molar-refractivity contribution is -0.130. The van der Waals surface area contributed by atoms with Gasteiger partial charge in [0.05, 0.1) is 5.92 Å². The molecule has 2 N–H and O–H groups in total. The smallest absolute Gasteiger partial charge is 0.264 e. The summed E-state index contributed by atoms with van der Waals surface area (Å²) in [5.41, 5.74) is 7.25. The first-order chi connectivity index (χ1) is 11.2. The maximum atomic E-state index is 12.4. The third-order valence-electron chi connectivity index (χ3n) is 4.38. The lowest BCUT2D eigenvalue weighted by Gasteiger charge is -2.33. The number of fused-ring (bicyclic) bond motifs is 1. The molecular weight excluding hydrogens is 288 g/mol. The normalized spacial score (nSPS) is 23.3. The molecule has 23 heavy (non-hydrogen) atoms. The van der Waals surface area contributed by atoms with Gasteiger partial charge in [-0.2, -0.15) is 0 Å². The van der Waals surface area contributed by atoms with E-state index in [1.54, 1.807) is 17.3 Å². The molecule has 1 fully saturated rings. The summed E-state index contributed by atoms with van der Waals surface area (Å²) in [5.74, 6) is 0.0945. The minimum Gasteiger partial charge on any atom is -0.363 e. The molecule has 2 aliphatic heterocycles. The molecule has 2 aliphatic rings. The van der Waals surface area contributed by atoms with Crippen LogP contribution in [0.15, 0.2) is 54.7 Å². The van der Waals surface area contributed by atoms with Gasteiger partial charge in [-0.05, 0) is 24.6 Å². The van der Waals surface area contributed by atoms with Gasteiger partial charge < -0.3 is 5.32 Å². The van der Waals surface area contributed by atoms with Gasteiger partial charge in [0.15, 0.2) is 0 Å². The van der Waals surface area contributed by atoms with Gasteiger partial charge in [-0.15, -0.1) is 0 Å². The fraction of sp³-hybridized carbons (Fsp3) is 0.222. The zero-order valence-electron chi connectivity index (χ0n) is 12.9. The van der Waals surface area contributed by atoms with E-state index in [-0.39, 0.29) is 18.0 Å². The van der Waals surface area contributed by atoms with Crippen molar-refractivity contribution in [3.05, 3.63) is 71.6 Å². The van der Waals surface area contributed by atoms with E-state index in [4.69, 9.17) is 0 Å². The van der Waals surface area contributed by atoms with Crippen molar-refractivity contribution in [1.82, 2.24) is 20.7 Å². The number of benzene rings is 1. The van der Waals surface area contributed by atoms with Gasteiger partial charge >= 0.3 is 0 Å². The number of amides is 1. The quantitative estimate of drug-likeness (QED) is 0.888. The Kier molecular flexibility index (Phi) is 3.35. The second-order valence-electron chi connectivity index (χ2n) is 5.94. The minimum absolute atomic E-state index is 0.0252. The highest BCUT2D eigenvalue weighted by molar-refractivity contribution is 5.96. The van der Waals surface area contributed by atoms with Gasteiger partial charge in [-0.3, -0.25) is 14.8 Å². The first-order valence-electron chi connectivity index (χ1n) is 7.75. The Balaban J connectivity index is 1.65. The Hall–Kier alpha value is -2.66. The van der Waals surface area contributed by atoms with Crippen LogP contribution in [-0.4, -0.2) is 28.6 Å². The lowest BCUT2D eigenvalue weighted by Crippen LogP contribution is -2.52. The molecule has 1 saturated heterocycles. The number of aromatic nitrogens is 1. The van der Waals surface area contributed by atoms with Crippen LogP contribution in [-0.2, 0) is 4.79 Å². The summed E-state index contributed by atoms with van der Waals surface area (Å²) in [4.78, 5) is 16.9. The minimum atomic E-state index is -0.126. The van der Waals surface area contributed by atoms with E-state index < -0.39 is 0 Å². The summed E-state index contributed by atoms with van der Waals surface area (Å²) < 4.78 is 0. The van der Waals surface area contributed by atoms with Crippen LogP contribution in [0.1, 0.15) is 22.7 Å². The fourth-order valence-electron chi connectivity index (χ4n) is 3.12. The maximum absolute atomic E-state index is 12.4. The molecule has 5 nitrogen and oxygen atoms in total. The highest BCUT2D eigenvalue weighted by atomic mass is 16.2. The van der Waals surface area contributed by atoms with E-state index >= 15 is 0 Å². The Morgan fingerprint density at radius 3 is 2.74 bits per heavy atom. The maximum Gasteiger partial charge on any atom is 0.264 e. The van der Waals surface area contributed by atoms with Crippen molar-refractivity contribution < 1.29 is 4.79 Å². The van der Waals surface area contributed by atoms with Crippen molar-refractivity contribution in [2.75, 3.05) is 6.54 Å². The Bertz CT molecular complexity index is 754. The van der Waals surface area contributed by atoms with Crippen LogP contribution < -0.4 is 10.7 Å². The molecule has 2 unspecified atom stereocenters. The van der Waals surface area contributed by atoms with Gasteiger partial charge in [0.2, 0.25) is 0 Å². The number of pyridine rings is 1. The first-order valence-corrected chi connectivity index (χ1v) is 7.75. The van der Waals surface area contributed by atoms with Crippen LogP contribution in [0.4, 0.5) is 0 Å². The van der Waals surface area contributed by atoms with Crippen molar-refractivity contribution in [3.63, 3.8) is 0 Å². The van der Waals surface area contributed by atoms with Crippen LogP contribution in [0.25, 0.3) is 5.70 Å².